The molecule has 0 aromatic heterocycles. The zero-order chi connectivity index (χ0) is 16.4. The van der Waals surface area contributed by atoms with Crippen molar-refractivity contribution in [3.63, 3.8) is 0 Å². The van der Waals surface area contributed by atoms with Crippen LogP contribution in [0.4, 0.5) is 10.5 Å². The number of ether oxygens (including phenoxy) is 1. The van der Waals surface area contributed by atoms with Crippen molar-refractivity contribution in [2.45, 2.75) is 38.8 Å². The maximum atomic E-state index is 12.8. The molecule has 2 atom stereocenters. The molecule has 5 heteroatoms. The number of rotatable bonds is 3. The minimum atomic E-state index is -0.00685. The molecule has 2 heterocycles. The summed E-state index contributed by atoms with van der Waals surface area (Å²) < 4.78 is 5.79. The number of urea groups is 1. The van der Waals surface area contributed by atoms with E-state index in [9.17, 15) is 4.79 Å². The molecule has 0 aliphatic carbocycles. The minimum Gasteiger partial charge on any atom is -0.489 e. The van der Waals surface area contributed by atoms with Crippen molar-refractivity contribution in [1.29, 1.82) is 0 Å². The van der Waals surface area contributed by atoms with Crippen molar-refractivity contribution >= 4 is 11.7 Å². The molecule has 0 radical (unpaired) electrons. The van der Waals surface area contributed by atoms with Gasteiger partial charge in [-0.3, -0.25) is 0 Å². The Labute approximate surface area is 138 Å². The molecule has 3 rings (SSSR count). The lowest BCUT2D eigenvalue weighted by molar-refractivity contribution is 0.137. The van der Waals surface area contributed by atoms with Gasteiger partial charge in [-0.15, -0.1) is 0 Å². The fourth-order valence-corrected chi connectivity index (χ4v) is 3.66. The Morgan fingerprint density at radius 1 is 1.26 bits per heavy atom. The van der Waals surface area contributed by atoms with Crippen LogP contribution in [0.5, 0.6) is 5.75 Å². The Morgan fingerprint density at radius 3 is 2.78 bits per heavy atom. The third-order valence-electron chi connectivity index (χ3n) is 4.82. The van der Waals surface area contributed by atoms with Crippen LogP contribution in [0, 0.1) is 5.92 Å². The summed E-state index contributed by atoms with van der Waals surface area (Å²) in [5, 5.41) is 3.05. The van der Waals surface area contributed by atoms with Crippen LogP contribution in [-0.2, 0) is 0 Å². The van der Waals surface area contributed by atoms with E-state index in [1.165, 1.54) is 6.42 Å². The average Bonchev–Trinajstić information content (AvgIpc) is 2.91. The maximum Gasteiger partial charge on any atom is 0.322 e. The van der Waals surface area contributed by atoms with Crippen molar-refractivity contribution in [2.24, 2.45) is 5.92 Å². The van der Waals surface area contributed by atoms with Gasteiger partial charge >= 0.3 is 6.03 Å². The molecular weight excluding hydrogens is 290 g/mol. The molecule has 0 spiro atoms. The van der Waals surface area contributed by atoms with Gasteiger partial charge in [-0.1, -0.05) is 12.1 Å². The first kappa shape index (κ1) is 16.1. The lowest BCUT2D eigenvalue weighted by atomic mass is 9.92. The number of fused-ring (bicyclic) bond motifs is 1. The highest BCUT2D eigenvalue weighted by atomic mass is 16.5. The van der Waals surface area contributed by atoms with E-state index in [0.717, 1.165) is 37.5 Å². The predicted molar refractivity (Wildman–Crippen MR) is 91.9 cm³/mol. The van der Waals surface area contributed by atoms with Crippen molar-refractivity contribution in [2.75, 3.05) is 32.0 Å². The fourth-order valence-electron chi connectivity index (χ4n) is 3.66. The van der Waals surface area contributed by atoms with Crippen LogP contribution in [0.15, 0.2) is 24.3 Å². The second-order valence-corrected chi connectivity index (χ2v) is 6.95. The van der Waals surface area contributed by atoms with Crippen LogP contribution in [0.1, 0.15) is 26.7 Å². The van der Waals surface area contributed by atoms with Gasteiger partial charge in [-0.2, -0.15) is 0 Å². The number of nitrogens with zero attached hydrogens (tertiary/aromatic N) is 2. The normalized spacial score (nSPS) is 24.6. The Kier molecular flexibility index (Phi) is 4.76. The largest absolute Gasteiger partial charge is 0.489 e. The number of anilines is 1. The monoisotopic (exact) mass is 317 g/mol. The summed E-state index contributed by atoms with van der Waals surface area (Å²) in [5.74, 6) is 1.38. The summed E-state index contributed by atoms with van der Waals surface area (Å²) in [5.41, 5.74) is 0.749. The van der Waals surface area contributed by atoms with E-state index >= 15 is 0 Å². The highest BCUT2D eigenvalue weighted by Crippen LogP contribution is 2.32. The van der Waals surface area contributed by atoms with Gasteiger partial charge in [0.05, 0.1) is 11.8 Å². The summed E-state index contributed by atoms with van der Waals surface area (Å²) in [6.45, 7) is 6.94. The summed E-state index contributed by atoms with van der Waals surface area (Å²) >= 11 is 0. The molecule has 2 amide bonds. The molecule has 23 heavy (non-hydrogen) atoms. The van der Waals surface area contributed by atoms with E-state index < -0.39 is 0 Å². The number of likely N-dealkylation sites (tertiary alicyclic amines) is 2. The van der Waals surface area contributed by atoms with E-state index in [4.69, 9.17) is 4.74 Å². The van der Waals surface area contributed by atoms with Crippen LogP contribution in [0.3, 0.4) is 0 Å². The smallest absolute Gasteiger partial charge is 0.322 e. The molecule has 2 aliphatic heterocycles. The van der Waals surface area contributed by atoms with Crippen LogP contribution in [0.2, 0.25) is 0 Å². The minimum absolute atomic E-state index is 0.00685. The van der Waals surface area contributed by atoms with Crippen LogP contribution < -0.4 is 10.1 Å². The number of hydrogen-bond acceptors (Lipinski definition) is 3. The highest BCUT2D eigenvalue weighted by molar-refractivity contribution is 5.91. The maximum absolute atomic E-state index is 12.8. The number of benzene rings is 1. The van der Waals surface area contributed by atoms with Gasteiger partial charge in [0.25, 0.3) is 0 Å². The zero-order valence-corrected chi connectivity index (χ0v) is 14.3. The first-order chi connectivity index (χ1) is 11.0. The molecule has 0 saturated carbocycles. The van der Waals surface area contributed by atoms with E-state index in [-0.39, 0.29) is 12.1 Å². The lowest BCUT2D eigenvalue weighted by Gasteiger charge is -2.36. The van der Waals surface area contributed by atoms with Crippen molar-refractivity contribution in [3.05, 3.63) is 24.3 Å². The van der Waals surface area contributed by atoms with Gasteiger partial charge in [0.15, 0.2) is 0 Å². The number of likely N-dealkylation sites (N-methyl/N-ethyl adjacent to an activating group) is 1. The standard InChI is InChI=1S/C18H27N3O2/c1-13(2)23-17-7-5-4-6-15(17)19-18(22)21-11-9-14-8-10-20(3)12-16(14)21/h4-7,13-14,16H,8-12H2,1-3H3,(H,19,22)/t14-,16+/m0/s1. The lowest BCUT2D eigenvalue weighted by Crippen LogP contribution is -2.49. The molecule has 0 bridgehead atoms. The summed E-state index contributed by atoms with van der Waals surface area (Å²) in [6, 6.07) is 7.98. The van der Waals surface area contributed by atoms with Crippen LogP contribution in [0.25, 0.3) is 0 Å². The molecule has 1 aromatic rings. The fraction of sp³-hybridized carbons (Fsp3) is 0.611. The molecule has 126 valence electrons. The second kappa shape index (κ2) is 6.79. The van der Waals surface area contributed by atoms with Crippen molar-refractivity contribution in [1.82, 2.24) is 9.80 Å². The molecule has 1 aromatic carbocycles. The SMILES string of the molecule is CC(C)Oc1ccccc1NC(=O)N1CC[C@@H]2CCN(C)C[C@H]21. The molecule has 0 unspecified atom stereocenters. The molecule has 1 N–H and O–H groups in total. The number of carbonyl (C=O) groups excluding carboxylic acids is 1. The van der Waals surface area contributed by atoms with E-state index in [1.807, 2.05) is 43.0 Å². The summed E-state index contributed by atoms with van der Waals surface area (Å²) in [6.07, 6.45) is 2.39. The Hall–Kier alpha value is -1.75. The Bertz CT molecular complexity index is 561. The second-order valence-electron chi connectivity index (χ2n) is 6.95. The molecule has 2 saturated heterocycles. The van der Waals surface area contributed by atoms with Crippen LogP contribution in [-0.4, -0.2) is 54.7 Å². The van der Waals surface area contributed by atoms with Gasteiger partial charge in [-0.05, 0) is 58.3 Å². The topological polar surface area (TPSA) is 44.8 Å². The summed E-state index contributed by atoms with van der Waals surface area (Å²) in [7, 11) is 2.14. The first-order valence-electron chi connectivity index (χ1n) is 8.56. The Balaban J connectivity index is 1.70. The van der Waals surface area contributed by atoms with Gasteiger partial charge in [0.1, 0.15) is 5.75 Å². The number of hydrogen-bond donors (Lipinski definition) is 1. The summed E-state index contributed by atoms with van der Waals surface area (Å²) in [4.78, 5) is 17.1. The Morgan fingerprint density at radius 2 is 2.00 bits per heavy atom. The van der Waals surface area contributed by atoms with Crippen LogP contribution >= 0.6 is 0 Å². The molecular formula is C18H27N3O2. The molecule has 5 nitrogen and oxygen atoms in total. The van der Waals surface area contributed by atoms with Crippen molar-refractivity contribution in [3.8, 4) is 5.75 Å². The van der Waals surface area contributed by atoms with Gasteiger partial charge in [-0.25, -0.2) is 4.79 Å². The number of nitrogens with one attached hydrogen (secondary N) is 1. The van der Waals surface area contributed by atoms with Crippen molar-refractivity contribution < 1.29 is 9.53 Å². The van der Waals surface area contributed by atoms with Gasteiger partial charge in [0, 0.05) is 19.1 Å². The number of piperidine rings is 1. The highest BCUT2D eigenvalue weighted by Gasteiger charge is 2.39. The van der Waals surface area contributed by atoms with E-state index in [0.29, 0.717) is 12.0 Å². The molecule has 2 aliphatic rings. The average molecular weight is 317 g/mol. The van der Waals surface area contributed by atoms with Gasteiger partial charge in [0.2, 0.25) is 0 Å². The van der Waals surface area contributed by atoms with E-state index in [2.05, 4.69) is 17.3 Å². The van der Waals surface area contributed by atoms with E-state index in [1.54, 1.807) is 0 Å². The molecule has 2 fully saturated rings. The zero-order valence-electron chi connectivity index (χ0n) is 14.3. The first-order valence-corrected chi connectivity index (χ1v) is 8.56. The quantitative estimate of drug-likeness (QED) is 0.932. The number of carbonyl (C=O) groups is 1. The predicted octanol–water partition coefficient (Wildman–Crippen LogP) is 3.03. The number of para-hydroxylation sites is 2. The van der Waals surface area contributed by atoms with Gasteiger partial charge < -0.3 is 19.9 Å². The third-order valence-corrected chi connectivity index (χ3v) is 4.82. The number of amides is 2. The third kappa shape index (κ3) is 3.61.